The van der Waals surface area contributed by atoms with Gasteiger partial charge in [-0.2, -0.15) is 0 Å². The van der Waals surface area contributed by atoms with Crippen molar-refractivity contribution in [2.45, 2.75) is 45.8 Å². The van der Waals surface area contributed by atoms with Crippen LogP contribution >= 0.6 is 0 Å². The lowest BCUT2D eigenvalue weighted by Crippen LogP contribution is -2.74. The fourth-order valence-electron chi connectivity index (χ4n) is 3.00. The van der Waals surface area contributed by atoms with E-state index >= 15 is 0 Å². The number of ether oxygens (including phenoxy) is 2. The first kappa shape index (κ1) is 18.4. The summed E-state index contributed by atoms with van der Waals surface area (Å²) in [7, 11) is 0. The van der Waals surface area contributed by atoms with Crippen LogP contribution < -0.4 is 11.1 Å². The van der Waals surface area contributed by atoms with Crippen LogP contribution in [0.15, 0.2) is 24.3 Å². The maximum Gasteiger partial charge on any atom is 0.338 e. The number of rotatable bonds is 6. The van der Waals surface area contributed by atoms with E-state index in [4.69, 9.17) is 15.2 Å². The average Bonchev–Trinajstić information content (AvgIpc) is 2.54. The van der Waals surface area contributed by atoms with E-state index in [2.05, 4.69) is 5.32 Å². The minimum Gasteiger partial charge on any atom is -0.462 e. The fourth-order valence-corrected chi connectivity index (χ4v) is 3.00. The summed E-state index contributed by atoms with van der Waals surface area (Å²) in [5.41, 5.74) is 5.79. The van der Waals surface area contributed by atoms with Crippen molar-refractivity contribution in [2.24, 2.45) is 11.1 Å². The van der Waals surface area contributed by atoms with Crippen LogP contribution in [0.4, 0.5) is 5.69 Å². The Morgan fingerprint density at radius 2 is 2.00 bits per heavy atom. The fraction of sp³-hybridized carbons (Fsp3) is 0.556. The molecule has 0 spiro atoms. The molecule has 1 aliphatic carbocycles. The molecule has 6 heteroatoms. The monoisotopic (exact) mass is 334 g/mol. The van der Waals surface area contributed by atoms with E-state index in [1.54, 1.807) is 31.2 Å². The van der Waals surface area contributed by atoms with Gasteiger partial charge >= 0.3 is 5.97 Å². The van der Waals surface area contributed by atoms with Crippen molar-refractivity contribution >= 4 is 17.6 Å². The van der Waals surface area contributed by atoms with E-state index in [-0.39, 0.29) is 12.0 Å². The molecule has 2 unspecified atom stereocenters. The normalized spacial score (nSPS) is 24.8. The summed E-state index contributed by atoms with van der Waals surface area (Å²) < 4.78 is 10.6. The highest BCUT2D eigenvalue weighted by molar-refractivity contribution is 6.00. The third-order valence-corrected chi connectivity index (χ3v) is 4.87. The van der Waals surface area contributed by atoms with Crippen LogP contribution in [0.5, 0.6) is 0 Å². The van der Waals surface area contributed by atoms with Gasteiger partial charge in [-0.25, -0.2) is 4.79 Å². The molecule has 0 radical (unpaired) electrons. The standard InChI is InChI=1S/C18H26N2O4/c1-5-23-14-11-18(19,17(14,3)4)16(22)20-13-9-7-8-12(10-13)15(21)24-6-2/h7-10,14H,5-6,11,19H2,1-4H3,(H,20,22). The van der Waals surface area contributed by atoms with Gasteiger partial charge in [0.05, 0.1) is 18.3 Å². The van der Waals surface area contributed by atoms with Gasteiger partial charge in [0.1, 0.15) is 5.54 Å². The Morgan fingerprint density at radius 3 is 2.58 bits per heavy atom. The molecule has 1 fully saturated rings. The van der Waals surface area contributed by atoms with Crippen LogP contribution in [-0.4, -0.2) is 36.7 Å². The van der Waals surface area contributed by atoms with Crippen molar-refractivity contribution in [3.63, 3.8) is 0 Å². The zero-order valence-corrected chi connectivity index (χ0v) is 14.7. The van der Waals surface area contributed by atoms with Gasteiger partial charge in [-0.3, -0.25) is 4.79 Å². The molecule has 1 aromatic rings. The first-order chi connectivity index (χ1) is 11.3. The van der Waals surface area contributed by atoms with Crippen LogP contribution in [0.3, 0.4) is 0 Å². The molecule has 132 valence electrons. The van der Waals surface area contributed by atoms with Crippen LogP contribution in [0.25, 0.3) is 0 Å². The molecule has 1 aliphatic rings. The number of hydrogen-bond acceptors (Lipinski definition) is 5. The zero-order valence-electron chi connectivity index (χ0n) is 14.7. The second kappa shape index (κ2) is 6.91. The molecule has 6 nitrogen and oxygen atoms in total. The molecule has 0 bridgehead atoms. The van der Waals surface area contributed by atoms with Crippen LogP contribution in [0.2, 0.25) is 0 Å². The van der Waals surface area contributed by atoms with Gasteiger partial charge in [0, 0.05) is 24.1 Å². The third kappa shape index (κ3) is 3.16. The van der Waals surface area contributed by atoms with Crippen molar-refractivity contribution < 1.29 is 19.1 Å². The Kier molecular flexibility index (Phi) is 5.30. The number of amides is 1. The largest absolute Gasteiger partial charge is 0.462 e. The van der Waals surface area contributed by atoms with E-state index in [0.29, 0.717) is 30.9 Å². The Hall–Kier alpha value is -1.92. The maximum atomic E-state index is 12.7. The average molecular weight is 334 g/mol. The molecule has 1 amide bonds. The van der Waals surface area contributed by atoms with Gasteiger partial charge in [-0.15, -0.1) is 0 Å². The van der Waals surface area contributed by atoms with Crippen molar-refractivity contribution in [3.8, 4) is 0 Å². The smallest absolute Gasteiger partial charge is 0.338 e. The molecule has 0 heterocycles. The molecule has 2 rings (SSSR count). The lowest BCUT2D eigenvalue weighted by Gasteiger charge is -2.57. The topological polar surface area (TPSA) is 90.7 Å². The Balaban J connectivity index is 2.10. The summed E-state index contributed by atoms with van der Waals surface area (Å²) >= 11 is 0. The van der Waals surface area contributed by atoms with E-state index in [1.165, 1.54) is 0 Å². The van der Waals surface area contributed by atoms with Gasteiger partial charge in [0.25, 0.3) is 0 Å². The minimum atomic E-state index is -1.01. The zero-order chi connectivity index (χ0) is 18.0. The van der Waals surface area contributed by atoms with Crippen molar-refractivity contribution in [1.29, 1.82) is 0 Å². The van der Waals surface area contributed by atoms with Crippen molar-refractivity contribution in [3.05, 3.63) is 29.8 Å². The van der Waals surface area contributed by atoms with E-state index in [9.17, 15) is 9.59 Å². The van der Waals surface area contributed by atoms with Crippen LogP contribution in [0.1, 0.15) is 44.5 Å². The first-order valence-corrected chi connectivity index (χ1v) is 8.25. The van der Waals surface area contributed by atoms with Crippen LogP contribution in [0, 0.1) is 5.41 Å². The number of carbonyl (C=O) groups excluding carboxylic acids is 2. The number of esters is 1. The molecule has 2 atom stereocenters. The van der Waals surface area contributed by atoms with Crippen molar-refractivity contribution in [2.75, 3.05) is 18.5 Å². The summed E-state index contributed by atoms with van der Waals surface area (Å²) in [4.78, 5) is 24.5. The van der Waals surface area contributed by atoms with Gasteiger partial charge in [-0.1, -0.05) is 19.9 Å². The highest BCUT2D eigenvalue weighted by atomic mass is 16.5. The van der Waals surface area contributed by atoms with Gasteiger partial charge in [0.15, 0.2) is 0 Å². The number of nitrogens with one attached hydrogen (secondary N) is 1. The second-order valence-electron chi connectivity index (χ2n) is 6.60. The summed E-state index contributed by atoms with van der Waals surface area (Å²) in [6, 6.07) is 6.64. The van der Waals surface area contributed by atoms with Crippen LogP contribution in [-0.2, 0) is 14.3 Å². The van der Waals surface area contributed by atoms with Gasteiger partial charge in [-0.05, 0) is 32.0 Å². The quantitative estimate of drug-likeness (QED) is 0.779. The summed E-state index contributed by atoms with van der Waals surface area (Å²) in [5.74, 6) is -0.694. The third-order valence-electron chi connectivity index (χ3n) is 4.87. The highest BCUT2D eigenvalue weighted by Gasteiger charge is 2.62. The molecule has 0 saturated heterocycles. The first-order valence-electron chi connectivity index (χ1n) is 8.25. The number of nitrogens with two attached hydrogens (primary N) is 1. The van der Waals surface area contributed by atoms with E-state index in [1.807, 2.05) is 20.8 Å². The summed E-state index contributed by atoms with van der Waals surface area (Å²) in [5, 5.41) is 2.81. The molecule has 1 aromatic carbocycles. The number of benzene rings is 1. The molecule has 24 heavy (non-hydrogen) atoms. The number of anilines is 1. The Morgan fingerprint density at radius 1 is 1.29 bits per heavy atom. The van der Waals surface area contributed by atoms with Gasteiger partial charge in [0.2, 0.25) is 5.91 Å². The lowest BCUT2D eigenvalue weighted by molar-refractivity contribution is -0.166. The predicted molar refractivity (Wildman–Crippen MR) is 91.8 cm³/mol. The lowest BCUT2D eigenvalue weighted by atomic mass is 9.54. The van der Waals surface area contributed by atoms with Gasteiger partial charge < -0.3 is 20.5 Å². The predicted octanol–water partition coefficient (Wildman–Crippen LogP) is 2.33. The Labute approximate surface area is 142 Å². The van der Waals surface area contributed by atoms with E-state index < -0.39 is 16.9 Å². The Bertz CT molecular complexity index is 629. The molecular weight excluding hydrogens is 308 g/mol. The number of hydrogen-bond donors (Lipinski definition) is 2. The second-order valence-corrected chi connectivity index (χ2v) is 6.60. The molecular formula is C18H26N2O4. The molecule has 1 saturated carbocycles. The van der Waals surface area contributed by atoms with Crippen molar-refractivity contribution in [1.82, 2.24) is 0 Å². The van der Waals surface area contributed by atoms with E-state index in [0.717, 1.165) is 0 Å². The molecule has 0 aromatic heterocycles. The minimum absolute atomic E-state index is 0.0379. The summed E-state index contributed by atoms with van der Waals surface area (Å²) in [6.45, 7) is 8.43. The highest BCUT2D eigenvalue weighted by Crippen LogP contribution is 2.50. The number of carbonyl (C=O) groups is 2. The molecule has 0 aliphatic heterocycles. The molecule has 3 N–H and O–H groups in total. The summed E-state index contributed by atoms with van der Waals surface area (Å²) in [6.07, 6.45) is 0.432. The maximum absolute atomic E-state index is 12.7. The SMILES string of the molecule is CCOC(=O)c1cccc(NC(=O)C2(N)CC(OCC)C2(C)C)c1.